The Bertz CT molecular complexity index is 1150. The van der Waals surface area contributed by atoms with Crippen molar-refractivity contribution in [2.24, 2.45) is 17.8 Å². The van der Waals surface area contributed by atoms with Gasteiger partial charge in [-0.1, -0.05) is 12.5 Å². The molecule has 1 N–H and O–H groups in total. The average molecular weight is 459 g/mol. The van der Waals surface area contributed by atoms with Crippen molar-refractivity contribution in [3.05, 3.63) is 63.7 Å². The zero-order valence-corrected chi connectivity index (χ0v) is 18.8. The molecule has 0 unspecified atom stereocenters. The van der Waals surface area contributed by atoms with Crippen molar-refractivity contribution in [2.45, 2.75) is 50.5 Å². The minimum atomic E-state index is -4.27. The van der Waals surface area contributed by atoms with Crippen LogP contribution in [0.4, 0.5) is 5.69 Å². The number of aryl methyl sites for hydroxylation is 1. The fourth-order valence-electron chi connectivity index (χ4n) is 5.11. The lowest BCUT2D eigenvalue weighted by molar-refractivity contribution is -0.385. The first-order valence-corrected chi connectivity index (χ1v) is 12.2. The predicted octanol–water partition coefficient (Wildman–Crippen LogP) is 4.23. The van der Waals surface area contributed by atoms with Crippen molar-refractivity contribution in [3.8, 4) is 5.75 Å². The fraction of sp³-hybridized carbons (Fsp3) is 0.435. The van der Waals surface area contributed by atoms with E-state index >= 15 is 0 Å². The Kier molecular flexibility index (Phi) is 5.94. The molecule has 0 radical (unpaired) electrons. The first kappa shape index (κ1) is 22.3. The highest BCUT2D eigenvalue weighted by Gasteiger charge is 2.42. The van der Waals surface area contributed by atoms with Gasteiger partial charge in [0, 0.05) is 23.7 Å². The van der Waals surface area contributed by atoms with Crippen molar-refractivity contribution in [1.29, 1.82) is 0 Å². The normalized spacial score (nSPS) is 23.0. The maximum atomic E-state index is 12.6. The second kappa shape index (κ2) is 8.54. The van der Waals surface area contributed by atoms with Crippen LogP contribution in [0.25, 0.3) is 0 Å². The van der Waals surface area contributed by atoms with Gasteiger partial charge in [-0.3, -0.25) is 14.9 Å². The van der Waals surface area contributed by atoms with Crippen LogP contribution >= 0.6 is 0 Å². The lowest BCUT2D eigenvalue weighted by Crippen LogP contribution is -2.40. The molecule has 8 nitrogen and oxygen atoms in total. The molecule has 0 aliphatic heterocycles. The number of nitro benzene ring substituents is 1. The molecule has 2 saturated carbocycles. The number of fused-ring (bicyclic) bond motifs is 2. The molecule has 32 heavy (non-hydrogen) atoms. The maximum absolute atomic E-state index is 12.6. The van der Waals surface area contributed by atoms with Crippen molar-refractivity contribution < 1.29 is 22.3 Å². The Labute approximate surface area is 187 Å². The zero-order chi connectivity index (χ0) is 23.0. The van der Waals surface area contributed by atoms with Crippen LogP contribution in [-0.2, 0) is 10.1 Å². The molecule has 0 aromatic heterocycles. The zero-order valence-electron chi connectivity index (χ0n) is 18.0. The lowest BCUT2D eigenvalue weighted by Gasteiger charge is -2.28. The third-order valence-corrected chi connectivity index (χ3v) is 8.16. The highest BCUT2D eigenvalue weighted by atomic mass is 32.2. The molecule has 2 aliphatic rings. The van der Waals surface area contributed by atoms with E-state index < -0.39 is 15.0 Å². The Hall–Kier alpha value is -2.94. The first-order valence-electron chi connectivity index (χ1n) is 10.7. The third kappa shape index (κ3) is 4.48. The second-order valence-corrected chi connectivity index (χ2v) is 10.4. The number of hydrogen-bond acceptors (Lipinski definition) is 6. The van der Waals surface area contributed by atoms with E-state index in [0.29, 0.717) is 23.0 Å². The summed E-state index contributed by atoms with van der Waals surface area (Å²) in [7, 11) is -4.27. The van der Waals surface area contributed by atoms with Crippen molar-refractivity contribution in [1.82, 2.24) is 5.32 Å². The molecular formula is C23H26N2O6S. The van der Waals surface area contributed by atoms with Gasteiger partial charge in [-0.05, 0) is 80.7 Å². The number of hydrogen-bond donors (Lipinski definition) is 1. The van der Waals surface area contributed by atoms with E-state index in [9.17, 15) is 23.3 Å². The monoisotopic (exact) mass is 458 g/mol. The van der Waals surface area contributed by atoms with Crippen LogP contribution in [0.1, 0.15) is 48.5 Å². The molecule has 1 amide bonds. The summed E-state index contributed by atoms with van der Waals surface area (Å²) in [5.74, 6) is 1.84. The number of nitrogens with one attached hydrogen (secondary N) is 1. The number of benzene rings is 2. The van der Waals surface area contributed by atoms with Gasteiger partial charge in [-0.2, -0.15) is 8.42 Å². The van der Waals surface area contributed by atoms with Gasteiger partial charge in [0.1, 0.15) is 10.6 Å². The van der Waals surface area contributed by atoms with Crippen LogP contribution in [-0.4, -0.2) is 25.3 Å². The van der Waals surface area contributed by atoms with Crippen LogP contribution in [0, 0.1) is 34.8 Å². The average Bonchev–Trinajstić information content (AvgIpc) is 3.37. The number of rotatable bonds is 7. The minimum absolute atomic E-state index is 0.0219. The van der Waals surface area contributed by atoms with Gasteiger partial charge in [0.15, 0.2) is 0 Å². The molecule has 0 saturated heterocycles. The fourth-order valence-corrected chi connectivity index (χ4v) is 6.29. The molecule has 4 rings (SSSR count). The first-order chi connectivity index (χ1) is 15.1. The van der Waals surface area contributed by atoms with Gasteiger partial charge < -0.3 is 9.50 Å². The van der Waals surface area contributed by atoms with Crippen LogP contribution in [0.5, 0.6) is 5.75 Å². The van der Waals surface area contributed by atoms with Crippen LogP contribution < -0.4 is 9.50 Å². The van der Waals surface area contributed by atoms with Gasteiger partial charge in [-0.25, -0.2) is 0 Å². The van der Waals surface area contributed by atoms with E-state index in [1.807, 2.05) is 0 Å². The summed E-state index contributed by atoms with van der Waals surface area (Å²) in [6.45, 7) is 3.58. The minimum Gasteiger partial charge on any atom is -0.379 e. The molecule has 2 aromatic carbocycles. The number of nitro groups is 1. The van der Waals surface area contributed by atoms with Crippen LogP contribution in [0.2, 0.25) is 0 Å². The summed E-state index contributed by atoms with van der Waals surface area (Å²) in [4.78, 5) is 22.7. The molecule has 2 aromatic rings. The van der Waals surface area contributed by atoms with Gasteiger partial charge in [0.05, 0.1) is 4.92 Å². The molecule has 2 fully saturated rings. The molecular weight excluding hydrogens is 432 g/mol. The number of carbonyl (C=O) groups excluding carboxylic acids is 1. The summed E-state index contributed by atoms with van der Waals surface area (Å²) >= 11 is 0. The number of amides is 1. The number of carbonyl (C=O) groups is 1. The Morgan fingerprint density at radius 1 is 1.16 bits per heavy atom. The molecule has 9 heteroatoms. The van der Waals surface area contributed by atoms with Gasteiger partial charge in [-0.15, -0.1) is 0 Å². The SMILES string of the molecule is Cc1ccc([N+](=O)[O-])cc1S(=O)(=O)Oc1ccc(C(=O)N[C@@H](C)[C@H]2C[C@@H]3CC[C@H]2C3)cc1. The van der Waals surface area contributed by atoms with Crippen molar-refractivity contribution in [3.63, 3.8) is 0 Å². The Morgan fingerprint density at radius 2 is 1.88 bits per heavy atom. The predicted molar refractivity (Wildman–Crippen MR) is 118 cm³/mol. The second-order valence-electron chi connectivity index (χ2n) is 8.87. The van der Waals surface area contributed by atoms with Crippen molar-refractivity contribution >= 4 is 21.7 Å². The third-order valence-electron chi connectivity index (χ3n) is 6.77. The van der Waals surface area contributed by atoms with E-state index in [0.717, 1.165) is 12.0 Å². The molecule has 0 heterocycles. The topological polar surface area (TPSA) is 116 Å². The van der Waals surface area contributed by atoms with Crippen molar-refractivity contribution in [2.75, 3.05) is 0 Å². The number of nitrogens with zero attached hydrogens (tertiary/aromatic N) is 1. The van der Waals surface area contributed by atoms with Gasteiger partial charge in [0.2, 0.25) is 0 Å². The summed E-state index contributed by atoms with van der Waals surface area (Å²) in [6, 6.07) is 9.48. The Balaban J connectivity index is 1.43. The van der Waals surface area contributed by atoms with E-state index in [1.54, 1.807) is 0 Å². The largest absolute Gasteiger partial charge is 0.379 e. The lowest BCUT2D eigenvalue weighted by atomic mass is 9.84. The molecule has 170 valence electrons. The highest BCUT2D eigenvalue weighted by molar-refractivity contribution is 7.87. The smallest absolute Gasteiger partial charge is 0.339 e. The van der Waals surface area contributed by atoms with Crippen LogP contribution in [0.15, 0.2) is 47.4 Å². The standard InChI is InChI=1S/C23H26N2O6S/c1-14-3-8-19(25(27)28)13-22(14)32(29,30)31-20-9-6-17(7-10-20)23(26)24-15(2)21-12-16-4-5-18(21)11-16/h3,6-10,13,15-16,18,21H,4-5,11-12H2,1-2H3,(H,24,26)/t15-,16+,18-,21+/m0/s1. The number of non-ortho nitro benzene ring substituents is 1. The molecule has 0 spiro atoms. The Morgan fingerprint density at radius 3 is 2.47 bits per heavy atom. The van der Waals surface area contributed by atoms with Gasteiger partial charge in [0.25, 0.3) is 11.6 Å². The summed E-state index contributed by atoms with van der Waals surface area (Å²) < 4.78 is 30.4. The van der Waals surface area contributed by atoms with Gasteiger partial charge >= 0.3 is 10.1 Å². The summed E-state index contributed by atoms with van der Waals surface area (Å²) in [5.41, 5.74) is 0.409. The molecule has 2 bridgehead atoms. The summed E-state index contributed by atoms with van der Waals surface area (Å²) in [6.07, 6.45) is 5.01. The summed E-state index contributed by atoms with van der Waals surface area (Å²) in [5, 5.41) is 14.1. The maximum Gasteiger partial charge on any atom is 0.339 e. The highest BCUT2D eigenvalue weighted by Crippen LogP contribution is 2.49. The molecule has 4 atom stereocenters. The van der Waals surface area contributed by atoms with E-state index in [-0.39, 0.29) is 28.3 Å². The van der Waals surface area contributed by atoms with E-state index in [4.69, 9.17) is 4.18 Å². The quantitative estimate of drug-likeness (QED) is 0.377. The van der Waals surface area contributed by atoms with Crippen LogP contribution in [0.3, 0.4) is 0 Å². The van der Waals surface area contributed by atoms with E-state index in [1.165, 1.54) is 69.0 Å². The molecule has 2 aliphatic carbocycles. The van der Waals surface area contributed by atoms with E-state index in [2.05, 4.69) is 12.2 Å².